The normalized spacial score (nSPS) is 10.8. The molecule has 2 aromatic carbocycles. The summed E-state index contributed by atoms with van der Waals surface area (Å²) in [5.41, 5.74) is 2.83. The van der Waals surface area contributed by atoms with Crippen molar-refractivity contribution in [2.24, 2.45) is 0 Å². The summed E-state index contributed by atoms with van der Waals surface area (Å²) in [6, 6.07) is 15.0. The lowest BCUT2D eigenvalue weighted by Gasteiger charge is -2.09. The monoisotopic (exact) mass is 491 g/mol. The Morgan fingerprint density at radius 2 is 1.74 bits per heavy atom. The number of aryl methyl sites for hydroxylation is 3. The van der Waals surface area contributed by atoms with Crippen molar-refractivity contribution in [3.63, 3.8) is 0 Å². The van der Waals surface area contributed by atoms with E-state index in [9.17, 15) is 14.4 Å². The average Bonchev–Trinajstić information content (AvgIpc) is 3.15. The number of hydrogen-bond donors (Lipinski definition) is 1. The van der Waals surface area contributed by atoms with Crippen molar-refractivity contribution in [3.8, 4) is 5.75 Å². The molecular formula is C26H25N3O5S. The number of aromatic nitrogens is 2. The van der Waals surface area contributed by atoms with Crippen molar-refractivity contribution >= 4 is 39.1 Å². The molecule has 4 aromatic rings. The van der Waals surface area contributed by atoms with Crippen molar-refractivity contribution in [2.75, 3.05) is 18.5 Å². The van der Waals surface area contributed by atoms with Gasteiger partial charge in [0.1, 0.15) is 35.2 Å². The number of nitrogens with zero attached hydrogens (tertiary/aromatic N) is 2. The molecule has 4 rings (SSSR count). The molecule has 35 heavy (non-hydrogen) atoms. The zero-order chi connectivity index (χ0) is 24.9. The minimum Gasteiger partial charge on any atom is -0.490 e. The van der Waals surface area contributed by atoms with Crippen LogP contribution in [0, 0.1) is 20.8 Å². The van der Waals surface area contributed by atoms with E-state index >= 15 is 0 Å². The number of carbonyl (C=O) groups excluding carboxylic acids is 2. The zero-order valence-corrected chi connectivity index (χ0v) is 20.5. The lowest BCUT2D eigenvalue weighted by Crippen LogP contribution is -2.28. The van der Waals surface area contributed by atoms with Crippen molar-refractivity contribution < 1.29 is 19.1 Å². The van der Waals surface area contributed by atoms with Crippen LogP contribution < -0.4 is 15.6 Å². The summed E-state index contributed by atoms with van der Waals surface area (Å²) in [7, 11) is 0. The van der Waals surface area contributed by atoms with Gasteiger partial charge in [-0.05, 0) is 61.7 Å². The molecular weight excluding hydrogens is 466 g/mol. The number of hydrogen-bond acceptors (Lipinski definition) is 7. The summed E-state index contributed by atoms with van der Waals surface area (Å²) in [6.07, 6.45) is 1.32. The van der Waals surface area contributed by atoms with Gasteiger partial charge in [0.05, 0.1) is 11.7 Å². The summed E-state index contributed by atoms with van der Waals surface area (Å²) < 4.78 is 12.1. The van der Waals surface area contributed by atoms with Gasteiger partial charge in [-0.3, -0.25) is 14.2 Å². The van der Waals surface area contributed by atoms with Gasteiger partial charge >= 0.3 is 5.97 Å². The maximum Gasteiger partial charge on any atom is 0.348 e. The lowest BCUT2D eigenvalue weighted by molar-refractivity contribution is -0.116. The van der Waals surface area contributed by atoms with E-state index in [-0.39, 0.29) is 31.2 Å². The Labute approximate surface area is 206 Å². The Morgan fingerprint density at radius 3 is 2.46 bits per heavy atom. The quantitative estimate of drug-likeness (QED) is 0.292. The highest BCUT2D eigenvalue weighted by Crippen LogP contribution is 2.27. The summed E-state index contributed by atoms with van der Waals surface area (Å²) in [5.74, 6) is -0.197. The standard InChI is InChI=1S/C26H25N3O5S/c1-16-11-17(2)13-19(12-16)28-21(30)14-29-15-27-24-22(25(29)31)18(3)23(35-24)26(32)34-10-9-33-20-7-5-4-6-8-20/h4-8,11-13,15H,9-10,14H2,1-3H3,(H,28,30). The molecule has 0 saturated heterocycles. The topological polar surface area (TPSA) is 99.5 Å². The first-order valence-corrected chi connectivity index (χ1v) is 11.8. The molecule has 0 bridgehead atoms. The maximum atomic E-state index is 13.1. The molecule has 180 valence electrons. The molecule has 0 fully saturated rings. The summed E-state index contributed by atoms with van der Waals surface area (Å²) in [6.45, 7) is 5.66. The van der Waals surface area contributed by atoms with Crippen molar-refractivity contribution in [2.45, 2.75) is 27.3 Å². The number of para-hydroxylation sites is 1. The van der Waals surface area contributed by atoms with Crippen LogP contribution in [0.1, 0.15) is 26.4 Å². The van der Waals surface area contributed by atoms with Crippen molar-refractivity contribution in [1.29, 1.82) is 0 Å². The van der Waals surface area contributed by atoms with Crippen LogP contribution in [0.25, 0.3) is 10.2 Å². The molecule has 9 heteroatoms. The highest BCUT2D eigenvalue weighted by molar-refractivity contribution is 7.20. The minimum absolute atomic E-state index is 0.0671. The molecule has 2 aromatic heterocycles. The van der Waals surface area contributed by atoms with Gasteiger partial charge in [0.2, 0.25) is 5.91 Å². The molecule has 0 aliphatic heterocycles. The number of amides is 1. The van der Waals surface area contributed by atoms with Crippen LogP contribution in [0.3, 0.4) is 0 Å². The third kappa shape index (κ3) is 5.75. The number of carbonyl (C=O) groups is 2. The van der Waals surface area contributed by atoms with Crippen LogP contribution >= 0.6 is 11.3 Å². The predicted octanol–water partition coefficient (Wildman–Crippen LogP) is 4.26. The number of esters is 1. The molecule has 0 atom stereocenters. The van der Waals surface area contributed by atoms with Crippen molar-refractivity contribution in [3.05, 3.63) is 86.8 Å². The Balaban J connectivity index is 1.44. The molecule has 1 N–H and O–H groups in total. The van der Waals surface area contributed by atoms with E-state index in [1.165, 1.54) is 10.9 Å². The van der Waals surface area contributed by atoms with E-state index in [1.807, 2.05) is 62.4 Å². The molecule has 1 amide bonds. The SMILES string of the molecule is Cc1cc(C)cc(NC(=O)Cn2cnc3sc(C(=O)OCCOc4ccccc4)c(C)c3c2=O)c1. The first-order chi connectivity index (χ1) is 16.8. The Kier molecular flexibility index (Phi) is 7.26. The third-order valence-electron chi connectivity index (χ3n) is 5.25. The number of nitrogens with one attached hydrogen (secondary N) is 1. The van der Waals surface area contributed by atoms with Crippen LogP contribution in [-0.4, -0.2) is 34.6 Å². The van der Waals surface area contributed by atoms with Gasteiger partial charge in [-0.2, -0.15) is 0 Å². The fourth-order valence-electron chi connectivity index (χ4n) is 3.74. The molecule has 2 heterocycles. The first kappa shape index (κ1) is 24.2. The second-order valence-electron chi connectivity index (χ2n) is 8.14. The molecule has 0 aliphatic rings. The summed E-state index contributed by atoms with van der Waals surface area (Å²) in [4.78, 5) is 43.3. The number of ether oxygens (including phenoxy) is 2. The van der Waals surface area contributed by atoms with E-state index in [2.05, 4.69) is 10.3 Å². The molecule has 0 spiro atoms. The smallest absolute Gasteiger partial charge is 0.348 e. The fourth-order valence-corrected chi connectivity index (χ4v) is 4.78. The highest BCUT2D eigenvalue weighted by Gasteiger charge is 2.21. The van der Waals surface area contributed by atoms with Crippen LogP contribution in [0.15, 0.2) is 59.7 Å². The van der Waals surface area contributed by atoms with Crippen molar-refractivity contribution in [1.82, 2.24) is 9.55 Å². The lowest BCUT2D eigenvalue weighted by atomic mass is 10.1. The van der Waals surface area contributed by atoms with E-state index < -0.39 is 5.97 Å². The second-order valence-corrected chi connectivity index (χ2v) is 9.14. The second kappa shape index (κ2) is 10.5. The third-order valence-corrected chi connectivity index (χ3v) is 6.43. The molecule has 0 unspecified atom stereocenters. The molecule has 0 saturated carbocycles. The number of benzene rings is 2. The van der Waals surface area contributed by atoms with Gasteiger partial charge in [0.25, 0.3) is 5.56 Å². The average molecular weight is 492 g/mol. The van der Waals surface area contributed by atoms with E-state index in [0.717, 1.165) is 22.5 Å². The minimum atomic E-state index is -0.541. The number of rotatable bonds is 8. The largest absolute Gasteiger partial charge is 0.490 e. The molecule has 8 nitrogen and oxygen atoms in total. The highest BCUT2D eigenvalue weighted by atomic mass is 32.1. The maximum absolute atomic E-state index is 13.1. The van der Waals surface area contributed by atoms with E-state index in [0.29, 0.717) is 32.1 Å². The van der Waals surface area contributed by atoms with Gasteiger partial charge in [-0.25, -0.2) is 9.78 Å². The first-order valence-electron chi connectivity index (χ1n) is 11.0. The molecule has 0 aliphatic carbocycles. The van der Waals surface area contributed by atoms with E-state index in [4.69, 9.17) is 9.47 Å². The number of anilines is 1. The van der Waals surface area contributed by atoms with Crippen LogP contribution in [0.2, 0.25) is 0 Å². The zero-order valence-electron chi connectivity index (χ0n) is 19.7. The van der Waals surface area contributed by atoms with Gasteiger partial charge in [0.15, 0.2) is 0 Å². The predicted molar refractivity (Wildman–Crippen MR) is 135 cm³/mol. The van der Waals surface area contributed by atoms with Gasteiger partial charge in [-0.1, -0.05) is 24.3 Å². The van der Waals surface area contributed by atoms with Gasteiger partial charge in [0, 0.05) is 5.69 Å². The number of thiophene rings is 1. The Morgan fingerprint density at radius 1 is 1.03 bits per heavy atom. The van der Waals surface area contributed by atoms with E-state index in [1.54, 1.807) is 6.92 Å². The van der Waals surface area contributed by atoms with Gasteiger partial charge in [-0.15, -0.1) is 11.3 Å². The fraction of sp³-hybridized carbons (Fsp3) is 0.231. The Bertz CT molecular complexity index is 1420. The van der Waals surface area contributed by atoms with Gasteiger partial charge < -0.3 is 14.8 Å². The summed E-state index contributed by atoms with van der Waals surface area (Å²) >= 11 is 1.09. The summed E-state index contributed by atoms with van der Waals surface area (Å²) in [5, 5.41) is 3.13. The number of fused-ring (bicyclic) bond motifs is 1. The van der Waals surface area contributed by atoms with Crippen LogP contribution in [-0.2, 0) is 16.1 Å². The molecule has 0 radical (unpaired) electrons. The van der Waals surface area contributed by atoms with Crippen LogP contribution in [0.4, 0.5) is 5.69 Å². The van der Waals surface area contributed by atoms with Crippen LogP contribution in [0.5, 0.6) is 5.75 Å². The Hall–Kier alpha value is -3.98.